The van der Waals surface area contributed by atoms with Gasteiger partial charge < -0.3 is 0 Å². The summed E-state index contributed by atoms with van der Waals surface area (Å²) in [5.74, 6) is 1.64. The lowest BCUT2D eigenvalue weighted by Gasteiger charge is -2.13. The Morgan fingerprint density at radius 2 is 1.67 bits per heavy atom. The van der Waals surface area contributed by atoms with Crippen molar-refractivity contribution in [3.63, 3.8) is 0 Å². The molecule has 2 aliphatic rings. The van der Waals surface area contributed by atoms with Crippen LogP contribution in [-0.2, 0) is 0 Å². The lowest BCUT2D eigenvalue weighted by Crippen LogP contribution is -1.98. The Hall–Kier alpha value is -0.520. The van der Waals surface area contributed by atoms with Gasteiger partial charge in [0.05, 0.1) is 0 Å². The maximum atomic E-state index is 4.03. The smallest absolute Gasteiger partial charge is 0.000461 e. The van der Waals surface area contributed by atoms with E-state index in [4.69, 9.17) is 0 Å². The number of hydrogen-bond acceptors (Lipinski definition) is 0. The van der Waals surface area contributed by atoms with Crippen LogP contribution >= 0.6 is 0 Å². The van der Waals surface area contributed by atoms with Gasteiger partial charge in [-0.3, -0.25) is 0 Å². The van der Waals surface area contributed by atoms with Gasteiger partial charge in [-0.15, -0.1) is 0 Å². The fourth-order valence-corrected chi connectivity index (χ4v) is 2.22. The van der Waals surface area contributed by atoms with Crippen molar-refractivity contribution in [1.29, 1.82) is 0 Å². The second-order valence-electron chi connectivity index (χ2n) is 3.38. The summed E-state index contributed by atoms with van der Waals surface area (Å²) in [6.07, 6.45) is 3.92. The SMILES string of the molecule is C=C1CC2CC(=C)C1C2. The second kappa shape index (κ2) is 1.50. The Balaban J connectivity index is 2.31. The molecule has 0 amide bonds. The Kier molecular flexibility index (Phi) is 0.879. The quantitative estimate of drug-likeness (QED) is 0.431. The first-order valence-electron chi connectivity index (χ1n) is 3.62. The zero-order valence-electron chi connectivity index (χ0n) is 5.69. The molecule has 2 saturated carbocycles. The van der Waals surface area contributed by atoms with E-state index in [0.29, 0.717) is 0 Å². The predicted molar refractivity (Wildman–Crippen MR) is 39.1 cm³/mol. The van der Waals surface area contributed by atoms with Gasteiger partial charge in [-0.25, -0.2) is 0 Å². The standard InChI is InChI=1S/C9H12/c1-6-3-8-4-7(2)9(6)5-8/h8-9H,1-5H2. The van der Waals surface area contributed by atoms with Crippen molar-refractivity contribution >= 4 is 0 Å². The molecule has 0 nitrogen and oxygen atoms in total. The summed E-state index contributed by atoms with van der Waals surface area (Å²) in [5, 5.41) is 0. The normalized spacial score (nSPS) is 40.4. The molecule has 9 heavy (non-hydrogen) atoms. The van der Waals surface area contributed by atoms with E-state index in [1.165, 1.54) is 30.4 Å². The van der Waals surface area contributed by atoms with Crippen LogP contribution in [0.15, 0.2) is 24.3 Å². The lowest BCUT2D eigenvalue weighted by atomic mass is 9.92. The highest BCUT2D eigenvalue weighted by Crippen LogP contribution is 2.49. The van der Waals surface area contributed by atoms with Gasteiger partial charge in [-0.1, -0.05) is 24.3 Å². The summed E-state index contributed by atoms with van der Waals surface area (Å²) in [6, 6.07) is 0. The van der Waals surface area contributed by atoms with Crippen LogP contribution in [0.5, 0.6) is 0 Å². The summed E-state index contributed by atoms with van der Waals surface area (Å²) >= 11 is 0. The minimum atomic E-state index is 0.718. The Morgan fingerprint density at radius 1 is 1.11 bits per heavy atom. The van der Waals surface area contributed by atoms with Gasteiger partial charge in [0, 0.05) is 5.92 Å². The van der Waals surface area contributed by atoms with Crippen LogP contribution < -0.4 is 0 Å². The molecule has 0 spiro atoms. The highest BCUT2D eigenvalue weighted by molar-refractivity contribution is 5.27. The van der Waals surface area contributed by atoms with E-state index < -0.39 is 0 Å². The van der Waals surface area contributed by atoms with E-state index in [1.54, 1.807) is 0 Å². The Bertz CT molecular complexity index is 158. The highest BCUT2D eigenvalue weighted by atomic mass is 14.4. The molecule has 2 aliphatic carbocycles. The summed E-state index contributed by atoms with van der Waals surface area (Å²) in [4.78, 5) is 0. The van der Waals surface area contributed by atoms with Crippen molar-refractivity contribution in [3.05, 3.63) is 24.3 Å². The molecule has 0 heteroatoms. The first-order valence-corrected chi connectivity index (χ1v) is 3.62. The molecule has 2 bridgehead atoms. The third-order valence-corrected chi connectivity index (χ3v) is 2.66. The minimum absolute atomic E-state index is 0.718. The van der Waals surface area contributed by atoms with Crippen LogP contribution in [0.3, 0.4) is 0 Å². The average molecular weight is 120 g/mol. The van der Waals surface area contributed by atoms with Gasteiger partial charge in [0.1, 0.15) is 0 Å². The van der Waals surface area contributed by atoms with Gasteiger partial charge >= 0.3 is 0 Å². The fraction of sp³-hybridized carbons (Fsp3) is 0.556. The zero-order valence-corrected chi connectivity index (χ0v) is 5.69. The van der Waals surface area contributed by atoms with E-state index in [0.717, 1.165) is 11.8 Å². The van der Waals surface area contributed by atoms with Gasteiger partial charge in [-0.05, 0) is 25.2 Å². The molecule has 0 unspecified atom stereocenters. The molecule has 0 aliphatic heterocycles. The molecule has 48 valence electrons. The van der Waals surface area contributed by atoms with E-state index in [9.17, 15) is 0 Å². The topological polar surface area (TPSA) is 0 Å². The van der Waals surface area contributed by atoms with Gasteiger partial charge in [0.15, 0.2) is 0 Å². The first kappa shape index (κ1) is 5.28. The largest absolute Gasteiger partial charge is 0.0992 e. The molecular formula is C9H12. The number of rotatable bonds is 0. The summed E-state index contributed by atoms with van der Waals surface area (Å²) in [7, 11) is 0. The molecule has 2 rings (SSSR count). The van der Waals surface area contributed by atoms with Gasteiger partial charge in [0.25, 0.3) is 0 Å². The molecular weight excluding hydrogens is 108 g/mol. The van der Waals surface area contributed by atoms with Crippen molar-refractivity contribution in [1.82, 2.24) is 0 Å². The van der Waals surface area contributed by atoms with Crippen LogP contribution in [-0.4, -0.2) is 0 Å². The fourth-order valence-electron chi connectivity index (χ4n) is 2.22. The van der Waals surface area contributed by atoms with Gasteiger partial charge in [-0.2, -0.15) is 0 Å². The van der Waals surface area contributed by atoms with Crippen molar-refractivity contribution in [2.24, 2.45) is 11.8 Å². The van der Waals surface area contributed by atoms with Crippen molar-refractivity contribution < 1.29 is 0 Å². The first-order chi connectivity index (χ1) is 4.27. The monoisotopic (exact) mass is 120 g/mol. The third-order valence-electron chi connectivity index (χ3n) is 2.66. The molecule has 0 heterocycles. The van der Waals surface area contributed by atoms with E-state index >= 15 is 0 Å². The predicted octanol–water partition coefficient (Wildman–Crippen LogP) is 2.53. The Morgan fingerprint density at radius 3 is 1.89 bits per heavy atom. The molecule has 0 N–H and O–H groups in total. The average Bonchev–Trinajstić information content (AvgIpc) is 2.22. The number of hydrogen-bond donors (Lipinski definition) is 0. The molecule has 0 saturated heterocycles. The van der Waals surface area contributed by atoms with Crippen LogP contribution in [0.25, 0.3) is 0 Å². The minimum Gasteiger partial charge on any atom is -0.0992 e. The number of allylic oxidation sites excluding steroid dienone is 2. The molecule has 0 atom stereocenters. The molecule has 0 radical (unpaired) electrons. The summed E-state index contributed by atoms with van der Waals surface area (Å²) < 4.78 is 0. The molecule has 0 aromatic rings. The number of fused-ring (bicyclic) bond motifs is 2. The maximum absolute atomic E-state index is 4.03. The van der Waals surface area contributed by atoms with Gasteiger partial charge in [0.2, 0.25) is 0 Å². The maximum Gasteiger partial charge on any atom is 0.000461 e. The van der Waals surface area contributed by atoms with E-state index in [2.05, 4.69) is 13.2 Å². The summed E-state index contributed by atoms with van der Waals surface area (Å²) in [5.41, 5.74) is 2.88. The Labute approximate surface area is 56.3 Å². The third kappa shape index (κ3) is 0.592. The van der Waals surface area contributed by atoms with Crippen molar-refractivity contribution in [3.8, 4) is 0 Å². The lowest BCUT2D eigenvalue weighted by molar-refractivity contribution is 0.601. The van der Waals surface area contributed by atoms with Crippen molar-refractivity contribution in [2.45, 2.75) is 19.3 Å². The second-order valence-corrected chi connectivity index (χ2v) is 3.38. The van der Waals surface area contributed by atoms with Crippen LogP contribution in [0, 0.1) is 11.8 Å². The molecule has 0 aromatic heterocycles. The van der Waals surface area contributed by atoms with Crippen LogP contribution in [0.1, 0.15) is 19.3 Å². The van der Waals surface area contributed by atoms with E-state index in [1.807, 2.05) is 0 Å². The molecule has 2 fully saturated rings. The zero-order chi connectivity index (χ0) is 6.43. The summed E-state index contributed by atoms with van der Waals surface area (Å²) in [6.45, 7) is 8.05. The van der Waals surface area contributed by atoms with Crippen LogP contribution in [0.4, 0.5) is 0 Å². The van der Waals surface area contributed by atoms with E-state index in [-0.39, 0.29) is 0 Å². The van der Waals surface area contributed by atoms with Crippen molar-refractivity contribution in [2.75, 3.05) is 0 Å². The highest BCUT2D eigenvalue weighted by Gasteiger charge is 2.36. The molecule has 0 aromatic carbocycles. The van der Waals surface area contributed by atoms with Crippen LogP contribution in [0.2, 0.25) is 0 Å².